The molecule has 3 rings (SSSR count). The predicted molar refractivity (Wildman–Crippen MR) is 73.5 cm³/mol. The maximum absolute atomic E-state index is 10.6. The second kappa shape index (κ2) is 5.18. The van der Waals surface area contributed by atoms with Crippen LogP contribution in [0.2, 0.25) is 0 Å². The second-order valence-corrected chi connectivity index (χ2v) is 4.69. The number of benzene rings is 1. The lowest BCUT2D eigenvalue weighted by atomic mass is 10.0. The zero-order valence-electron chi connectivity index (χ0n) is 10.6. The summed E-state index contributed by atoms with van der Waals surface area (Å²) in [6.07, 6.45) is 5.94. The minimum absolute atomic E-state index is 0.516. The summed E-state index contributed by atoms with van der Waals surface area (Å²) in [7, 11) is 0. The van der Waals surface area contributed by atoms with Gasteiger partial charge < -0.3 is 4.90 Å². The lowest BCUT2D eigenvalue weighted by Gasteiger charge is -2.19. The van der Waals surface area contributed by atoms with Gasteiger partial charge in [0.2, 0.25) is 5.95 Å². The predicted octanol–water partition coefficient (Wildman–Crippen LogP) is 1.89. The van der Waals surface area contributed by atoms with E-state index >= 15 is 0 Å². The summed E-state index contributed by atoms with van der Waals surface area (Å²) in [6.45, 7) is 1.83. The van der Waals surface area contributed by atoms with Gasteiger partial charge in [-0.3, -0.25) is 4.79 Å². The van der Waals surface area contributed by atoms with Gasteiger partial charge in [-0.05, 0) is 24.0 Å². The first-order valence-electron chi connectivity index (χ1n) is 6.46. The molecule has 0 saturated heterocycles. The highest BCUT2D eigenvalue weighted by Crippen LogP contribution is 2.18. The number of rotatable bonds is 2. The van der Waals surface area contributed by atoms with Gasteiger partial charge in [0.05, 0.1) is 5.56 Å². The van der Waals surface area contributed by atoms with Gasteiger partial charge in [0.15, 0.2) is 6.29 Å². The van der Waals surface area contributed by atoms with Crippen LogP contribution in [0.3, 0.4) is 0 Å². The third-order valence-corrected chi connectivity index (χ3v) is 3.50. The van der Waals surface area contributed by atoms with Gasteiger partial charge >= 0.3 is 0 Å². The summed E-state index contributed by atoms with van der Waals surface area (Å²) in [5.74, 6) is 0.707. The first-order chi connectivity index (χ1) is 9.36. The molecule has 0 bridgehead atoms. The van der Waals surface area contributed by atoms with Crippen LogP contribution in [0.1, 0.15) is 21.5 Å². The van der Waals surface area contributed by atoms with Crippen LogP contribution in [0, 0.1) is 0 Å². The van der Waals surface area contributed by atoms with E-state index in [0.29, 0.717) is 11.5 Å². The molecule has 1 aliphatic rings. The quantitative estimate of drug-likeness (QED) is 0.767. The van der Waals surface area contributed by atoms with E-state index in [-0.39, 0.29) is 0 Å². The van der Waals surface area contributed by atoms with E-state index in [0.717, 1.165) is 32.2 Å². The standard InChI is InChI=1S/C15H15N3O/c19-11-12-9-16-15(17-10-12)18-7-5-13-3-1-2-4-14(13)6-8-18/h1-4,9-11H,5-8H2. The molecule has 96 valence electrons. The van der Waals surface area contributed by atoms with E-state index in [1.54, 1.807) is 12.4 Å². The van der Waals surface area contributed by atoms with Gasteiger partial charge in [-0.1, -0.05) is 24.3 Å². The van der Waals surface area contributed by atoms with E-state index in [1.807, 2.05) is 0 Å². The molecule has 0 aliphatic carbocycles. The minimum Gasteiger partial charge on any atom is -0.340 e. The maximum Gasteiger partial charge on any atom is 0.225 e. The molecule has 19 heavy (non-hydrogen) atoms. The molecule has 1 aliphatic heterocycles. The zero-order chi connectivity index (χ0) is 13.1. The molecule has 4 nitrogen and oxygen atoms in total. The van der Waals surface area contributed by atoms with Crippen molar-refractivity contribution in [1.29, 1.82) is 0 Å². The Bertz CT molecular complexity index is 553. The SMILES string of the molecule is O=Cc1cnc(N2CCc3ccccc3CC2)nc1. The van der Waals surface area contributed by atoms with Crippen LogP contribution in [0.25, 0.3) is 0 Å². The van der Waals surface area contributed by atoms with Crippen LogP contribution in [-0.4, -0.2) is 29.3 Å². The number of nitrogens with zero attached hydrogens (tertiary/aromatic N) is 3. The lowest BCUT2D eigenvalue weighted by Crippen LogP contribution is -2.27. The van der Waals surface area contributed by atoms with Crippen molar-refractivity contribution in [2.45, 2.75) is 12.8 Å². The lowest BCUT2D eigenvalue weighted by molar-refractivity contribution is 0.112. The fraction of sp³-hybridized carbons (Fsp3) is 0.267. The molecule has 2 heterocycles. The Morgan fingerprint density at radius 1 is 1.00 bits per heavy atom. The van der Waals surface area contributed by atoms with Crippen molar-refractivity contribution in [2.75, 3.05) is 18.0 Å². The highest BCUT2D eigenvalue weighted by atomic mass is 16.1. The molecule has 0 fully saturated rings. The summed E-state index contributed by atoms with van der Waals surface area (Å²) < 4.78 is 0. The topological polar surface area (TPSA) is 46.1 Å². The van der Waals surface area contributed by atoms with Gasteiger partial charge in [0, 0.05) is 25.5 Å². The van der Waals surface area contributed by atoms with E-state index in [4.69, 9.17) is 0 Å². The number of hydrogen-bond acceptors (Lipinski definition) is 4. The van der Waals surface area contributed by atoms with Crippen molar-refractivity contribution in [3.8, 4) is 0 Å². The number of aromatic nitrogens is 2. The largest absolute Gasteiger partial charge is 0.340 e. The number of carbonyl (C=O) groups is 1. The fourth-order valence-corrected chi connectivity index (χ4v) is 2.42. The summed E-state index contributed by atoms with van der Waals surface area (Å²) in [6, 6.07) is 8.55. The Morgan fingerprint density at radius 2 is 1.58 bits per heavy atom. The van der Waals surface area contributed by atoms with Gasteiger partial charge in [-0.2, -0.15) is 0 Å². The molecule has 2 aromatic rings. The Kier molecular flexibility index (Phi) is 3.23. The van der Waals surface area contributed by atoms with Crippen molar-refractivity contribution in [2.24, 2.45) is 0 Å². The van der Waals surface area contributed by atoms with E-state index in [1.165, 1.54) is 11.1 Å². The molecular formula is C15H15N3O. The Hall–Kier alpha value is -2.23. The fourth-order valence-electron chi connectivity index (χ4n) is 2.42. The average Bonchev–Trinajstić information content (AvgIpc) is 2.70. The third-order valence-electron chi connectivity index (χ3n) is 3.50. The molecule has 0 unspecified atom stereocenters. The molecule has 0 amide bonds. The maximum atomic E-state index is 10.6. The van der Waals surface area contributed by atoms with Crippen LogP contribution >= 0.6 is 0 Å². The van der Waals surface area contributed by atoms with Crippen molar-refractivity contribution < 1.29 is 4.79 Å². The van der Waals surface area contributed by atoms with Crippen molar-refractivity contribution in [3.05, 3.63) is 53.3 Å². The first kappa shape index (κ1) is 11.8. The average molecular weight is 253 g/mol. The Balaban J connectivity index is 1.79. The molecular weight excluding hydrogens is 238 g/mol. The second-order valence-electron chi connectivity index (χ2n) is 4.69. The number of hydrogen-bond donors (Lipinski definition) is 0. The smallest absolute Gasteiger partial charge is 0.225 e. The van der Waals surface area contributed by atoms with Gasteiger partial charge in [0.25, 0.3) is 0 Å². The number of aldehydes is 1. The van der Waals surface area contributed by atoms with Crippen molar-refractivity contribution in [1.82, 2.24) is 9.97 Å². The Labute approximate surface area is 112 Å². The molecule has 0 saturated carbocycles. The zero-order valence-corrected chi connectivity index (χ0v) is 10.6. The van der Waals surface area contributed by atoms with E-state index in [2.05, 4.69) is 39.1 Å². The molecule has 0 spiro atoms. The molecule has 0 atom stereocenters. The first-order valence-corrected chi connectivity index (χ1v) is 6.46. The van der Waals surface area contributed by atoms with Gasteiger partial charge in [-0.25, -0.2) is 9.97 Å². The van der Waals surface area contributed by atoms with Crippen LogP contribution in [0.4, 0.5) is 5.95 Å². The summed E-state index contributed by atoms with van der Waals surface area (Å²) >= 11 is 0. The van der Waals surface area contributed by atoms with E-state index in [9.17, 15) is 4.79 Å². The summed E-state index contributed by atoms with van der Waals surface area (Å²) in [4.78, 5) is 21.3. The van der Waals surface area contributed by atoms with Crippen LogP contribution in [0.5, 0.6) is 0 Å². The van der Waals surface area contributed by atoms with E-state index < -0.39 is 0 Å². The highest BCUT2D eigenvalue weighted by Gasteiger charge is 2.15. The van der Waals surface area contributed by atoms with Gasteiger partial charge in [-0.15, -0.1) is 0 Å². The van der Waals surface area contributed by atoms with Crippen LogP contribution in [0.15, 0.2) is 36.7 Å². The molecule has 1 aromatic carbocycles. The molecule has 0 N–H and O–H groups in total. The normalized spacial score (nSPS) is 14.6. The Morgan fingerprint density at radius 3 is 2.11 bits per heavy atom. The number of anilines is 1. The van der Waals surface area contributed by atoms with Crippen molar-refractivity contribution >= 4 is 12.2 Å². The number of fused-ring (bicyclic) bond motifs is 1. The minimum atomic E-state index is 0.516. The summed E-state index contributed by atoms with van der Waals surface area (Å²) in [5.41, 5.74) is 3.34. The molecule has 4 heteroatoms. The summed E-state index contributed by atoms with van der Waals surface area (Å²) in [5, 5.41) is 0. The number of carbonyl (C=O) groups excluding carboxylic acids is 1. The van der Waals surface area contributed by atoms with Gasteiger partial charge in [0.1, 0.15) is 0 Å². The van der Waals surface area contributed by atoms with Crippen molar-refractivity contribution in [3.63, 3.8) is 0 Å². The third kappa shape index (κ3) is 2.47. The van der Waals surface area contributed by atoms with Crippen LogP contribution in [-0.2, 0) is 12.8 Å². The molecule has 0 radical (unpaired) electrons. The highest BCUT2D eigenvalue weighted by molar-refractivity contribution is 5.73. The van der Waals surface area contributed by atoms with Crippen LogP contribution < -0.4 is 4.90 Å². The molecule has 1 aromatic heterocycles. The monoisotopic (exact) mass is 253 g/mol.